The standard InChI is InChI=1S/C22H28N4O2/c1-15-9-10-19-22(18(15)13-20(23)27)25-21(24-19)8-5-11-28-17-7-4-6-16(12-17)14-26(2)3/h4,6-7,9-10,12H,5,8,11,13-14H2,1-3H3,(H2,23,27)(H,24,25). The van der Waals surface area contributed by atoms with Crippen LogP contribution >= 0.6 is 0 Å². The Hall–Kier alpha value is -2.86. The zero-order valence-corrected chi connectivity index (χ0v) is 16.8. The molecule has 6 heteroatoms. The van der Waals surface area contributed by atoms with Crippen molar-refractivity contribution in [2.24, 2.45) is 5.73 Å². The molecule has 1 heterocycles. The second-order valence-electron chi connectivity index (χ2n) is 7.42. The van der Waals surface area contributed by atoms with Gasteiger partial charge in [0.2, 0.25) is 5.91 Å². The predicted molar refractivity (Wildman–Crippen MR) is 111 cm³/mol. The number of nitrogens with two attached hydrogens (primary N) is 1. The van der Waals surface area contributed by atoms with Crippen molar-refractivity contribution in [1.29, 1.82) is 0 Å². The zero-order chi connectivity index (χ0) is 20.1. The summed E-state index contributed by atoms with van der Waals surface area (Å²) in [6.45, 7) is 3.50. The second kappa shape index (κ2) is 8.89. The molecule has 0 aliphatic rings. The van der Waals surface area contributed by atoms with Gasteiger partial charge in [0.1, 0.15) is 11.6 Å². The molecule has 0 atom stereocenters. The van der Waals surface area contributed by atoms with Gasteiger partial charge in [-0.05, 0) is 62.3 Å². The fourth-order valence-electron chi connectivity index (χ4n) is 3.34. The van der Waals surface area contributed by atoms with Crippen LogP contribution in [-0.4, -0.2) is 41.5 Å². The molecule has 0 saturated carbocycles. The van der Waals surface area contributed by atoms with E-state index in [9.17, 15) is 4.79 Å². The van der Waals surface area contributed by atoms with Crippen molar-refractivity contribution in [3.63, 3.8) is 0 Å². The molecule has 0 spiro atoms. The van der Waals surface area contributed by atoms with Crippen LogP contribution in [-0.2, 0) is 24.2 Å². The van der Waals surface area contributed by atoms with Gasteiger partial charge in [-0.15, -0.1) is 0 Å². The van der Waals surface area contributed by atoms with E-state index in [2.05, 4.69) is 41.1 Å². The molecule has 2 aromatic carbocycles. The average Bonchev–Trinajstić information content (AvgIpc) is 3.04. The Balaban J connectivity index is 1.59. The van der Waals surface area contributed by atoms with E-state index >= 15 is 0 Å². The summed E-state index contributed by atoms with van der Waals surface area (Å²) in [5.41, 5.74) is 10.4. The number of carbonyl (C=O) groups excluding carboxylic acids is 1. The summed E-state index contributed by atoms with van der Waals surface area (Å²) in [7, 11) is 4.11. The quantitative estimate of drug-likeness (QED) is 0.559. The molecule has 0 bridgehead atoms. The largest absolute Gasteiger partial charge is 0.494 e. The normalized spacial score (nSPS) is 11.3. The van der Waals surface area contributed by atoms with Crippen LogP contribution < -0.4 is 10.5 Å². The minimum absolute atomic E-state index is 0.219. The number of nitrogens with zero attached hydrogens (tertiary/aromatic N) is 2. The molecule has 0 saturated heterocycles. The fourth-order valence-corrected chi connectivity index (χ4v) is 3.34. The van der Waals surface area contributed by atoms with Gasteiger partial charge in [-0.25, -0.2) is 4.98 Å². The smallest absolute Gasteiger partial charge is 0.221 e. The van der Waals surface area contributed by atoms with Crippen molar-refractivity contribution in [1.82, 2.24) is 14.9 Å². The molecule has 0 radical (unpaired) electrons. The van der Waals surface area contributed by atoms with E-state index in [1.807, 2.05) is 31.2 Å². The third kappa shape index (κ3) is 5.10. The Morgan fingerprint density at radius 3 is 2.82 bits per heavy atom. The molecule has 0 aliphatic carbocycles. The number of rotatable bonds is 9. The third-order valence-electron chi connectivity index (χ3n) is 4.62. The number of aromatic nitrogens is 2. The summed E-state index contributed by atoms with van der Waals surface area (Å²) in [6.07, 6.45) is 1.85. The number of imidazole rings is 1. The van der Waals surface area contributed by atoms with Gasteiger partial charge in [-0.3, -0.25) is 4.79 Å². The van der Waals surface area contributed by atoms with Crippen LogP contribution in [0.1, 0.15) is 28.9 Å². The molecular formula is C22H28N4O2. The highest BCUT2D eigenvalue weighted by Gasteiger charge is 2.12. The maximum Gasteiger partial charge on any atom is 0.221 e. The Morgan fingerprint density at radius 1 is 1.25 bits per heavy atom. The van der Waals surface area contributed by atoms with Gasteiger partial charge in [-0.2, -0.15) is 0 Å². The maximum absolute atomic E-state index is 11.4. The van der Waals surface area contributed by atoms with E-state index in [0.29, 0.717) is 6.61 Å². The first-order valence-electron chi connectivity index (χ1n) is 9.54. The number of hydrogen-bond acceptors (Lipinski definition) is 4. The first-order valence-corrected chi connectivity index (χ1v) is 9.54. The van der Waals surface area contributed by atoms with Crippen LogP contribution in [0, 0.1) is 6.92 Å². The maximum atomic E-state index is 11.4. The number of H-pyrrole nitrogens is 1. The first-order chi connectivity index (χ1) is 13.4. The third-order valence-corrected chi connectivity index (χ3v) is 4.62. The van der Waals surface area contributed by atoms with Crippen LogP contribution in [0.5, 0.6) is 5.75 Å². The number of ether oxygens (including phenoxy) is 1. The van der Waals surface area contributed by atoms with Crippen molar-refractivity contribution in [3.8, 4) is 5.75 Å². The SMILES string of the molecule is Cc1ccc2nc(CCCOc3cccc(CN(C)C)c3)[nH]c2c1CC(N)=O. The molecular weight excluding hydrogens is 352 g/mol. The first kappa shape index (κ1) is 19.9. The number of hydrogen-bond donors (Lipinski definition) is 2. The van der Waals surface area contributed by atoms with Crippen LogP contribution in [0.3, 0.4) is 0 Å². The van der Waals surface area contributed by atoms with Gasteiger partial charge < -0.3 is 20.4 Å². The second-order valence-corrected chi connectivity index (χ2v) is 7.42. The highest BCUT2D eigenvalue weighted by molar-refractivity contribution is 5.86. The summed E-state index contributed by atoms with van der Waals surface area (Å²) in [5, 5.41) is 0. The summed E-state index contributed by atoms with van der Waals surface area (Å²) in [5.74, 6) is 1.45. The number of carbonyl (C=O) groups is 1. The van der Waals surface area contributed by atoms with Gasteiger partial charge in [0, 0.05) is 13.0 Å². The monoisotopic (exact) mass is 380 g/mol. The van der Waals surface area contributed by atoms with E-state index < -0.39 is 0 Å². The van der Waals surface area contributed by atoms with Gasteiger partial charge in [0.05, 0.1) is 24.1 Å². The number of aromatic amines is 1. The topological polar surface area (TPSA) is 84.2 Å². The lowest BCUT2D eigenvalue weighted by Gasteiger charge is -2.11. The van der Waals surface area contributed by atoms with E-state index in [-0.39, 0.29) is 12.3 Å². The van der Waals surface area contributed by atoms with Crippen LogP contribution in [0.15, 0.2) is 36.4 Å². The highest BCUT2D eigenvalue weighted by Crippen LogP contribution is 2.21. The van der Waals surface area contributed by atoms with Gasteiger partial charge >= 0.3 is 0 Å². The summed E-state index contributed by atoms with van der Waals surface area (Å²) < 4.78 is 5.90. The Labute approximate surface area is 165 Å². The molecule has 0 unspecified atom stereocenters. The Morgan fingerprint density at radius 2 is 2.07 bits per heavy atom. The molecule has 28 heavy (non-hydrogen) atoms. The highest BCUT2D eigenvalue weighted by atomic mass is 16.5. The number of amides is 1. The van der Waals surface area contributed by atoms with E-state index in [4.69, 9.17) is 10.5 Å². The van der Waals surface area contributed by atoms with Gasteiger partial charge in [-0.1, -0.05) is 18.2 Å². The van der Waals surface area contributed by atoms with Crippen molar-refractivity contribution in [2.45, 2.75) is 32.7 Å². The molecule has 0 fully saturated rings. The molecule has 3 N–H and O–H groups in total. The number of nitrogens with one attached hydrogen (secondary N) is 1. The van der Waals surface area contributed by atoms with Crippen molar-refractivity contribution in [2.75, 3.05) is 20.7 Å². The van der Waals surface area contributed by atoms with Crippen molar-refractivity contribution in [3.05, 3.63) is 58.9 Å². The number of primary amides is 1. The van der Waals surface area contributed by atoms with E-state index in [1.165, 1.54) is 5.56 Å². The molecule has 3 aromatic rings. The molecule has 1 aromatic heterocycles. The number of benzene rings is 2. The van der Waals surface area contributed by atoms with Crippen LogP contribution in [0.2, 0.25) is 0 Å². The van der Waals surface area contributed by atoms with E-state index in [0.717, 1.165) is 53.1 Å². The predicted octanol–water partition coefficient (Wildman–Crippen LogP) is 2.97. The molecule has 3 rings (SSSR count). The summed E-state index contributed by atoms with van der Waals surface area (Å²) in [4.78, 5) is 21.5. The lowest BCUT2D eigenvalue weighted by atomic mass is 10.0. The molecule has 6 nitrogen and oxygen atoms in total. The summed E-state index contributed by atoms with van der Waals surface area (Å²) in [6, 6.07) is 12.2. The van der Waals surface area contributed by atoms with Crippen LogP contribution in [0.25, 0.3) is 11.0 Å². The zero-order valence-electron chi connectivity index (χ0n) is 16.8. The summed E-state index contributed by atoms with van der Waals surface area (Å²) >= 11 is 0. The van der Waals surface area contributed by atoms with Crippen molar-refractivity contribution < 1.29 is 9.53 Å². The average molecular weight is 380 g/mol. The van der Waals surface area contributed by atoms with Gasteiger partial charge in [0.15, 0.2) is 0 Å². The Kier molecular flexibility index (Phi) is 6.31. The Bertz CT molecular complexity index is 962. The fraction of sp³-hybridized carbons (Fsp3) is 0.364. The minimum Gasteiger partial charge on any atom is -0.494 e. The lowest BCUT2D eigenvalue weighted by Crippen LogP contribution is -2.14. The van der Waals surface area contributed by atoms with E-state index in [1.54, 1.807) is 0 Å². The van der Waals surface area contributed by atoms with Crippen molar-refractivity contribution >= 4 is 16.9 Å². The minimum atomic E-state index is -0.336. The lowest BCUT2D eigenvalue weighted by molar-refractivity contribution is -0.117. The van der Waals surface area contributed by atoms with Gasteiger partial charge in [0.25, 0.3) is 0 Å². The molecule has 1 amide bonds. The number of fused-ring (bicyclic) bond motifs is 1. The van der Waals surface area contributed by atoms with Crippen LogP contribution in [0.4, 0.5) is 0 Å². The number of aryl methyl sites for hydroxylation is 2. The molecule has 148 valence electrons. The molecule has 0 aliphatic heterocycles.